The van der Waals surface area contributed by atoms with Crippen molar-refractivity contribution in [3.8, 4) is 5.75 Å². The molecule has 1 aromatic heterocycles. The van der Waals surface area contributed by atoms with Gasteiger partial charge in [0, 0.05) is 18.0 Å². The normalized spacial score (nSPS) is 10.3. The zero-order valence-corrected chi connectivity index (χ0v) is 12.9. The highest BCUT2D eigenvalue weighted by Gasteiger charge is 2.13. The Bertz CT molecular complexity index is 713. The summed E-state index contributed by atoms with van der Waals surface area (Å²) in [6, 6.07) is 7.25. The number of nitrogens with one attached hydrogen (secondary N) is 2. The van der Waals surface area contributed by atoms with E-state index in [2.05, 4.69) is 15.6 Å². The van der Waals surface area contributed by atoms with Crippen molar-refractivity contribution in [1.82, 2.24) is 15.6 Å². The Hall–Kier alpha value is -2.63. The maximum absolute atomic E-state index is 12.2. The van der Waals surface area contributed by atoms with Crippen LogP contribution in [0.1, 0.15) is 23.0 Å². The lowest BCUT2D eigenvalue weighted by Crippen LogP contribution is -2.37. The molecule has 2 aromatic rings. The fraction of sp³-hybridized carbons (Fsp3) is 0.312. The van der Waals surface area contributed by atoms with E-state index in [1.54, 1.807) is 20.1 Å². The number of carbonyl (C=O) groups excluding carboxylic acids is 2. The van der Waals surface area contributed by atoms with Gasteiger partial charge in [-0.15, -0.1) is 0 Å². The number of hydrogen-bond donors (Lipinski definition) is 2. The van der Waals surface area contributed by atoms with Crippen molar-refractivity contribution in [3.05, 3.63) is 35.5 Å². The van der Waals surface area contributed by atoms with E-state index in [0.29, 0.717) is 23.6 Å². The molecule has 116 valence electrons. The quantitative estimate of drug-likeness (QED) is 0.875. The van der Waals surface area contributed by atoms with Gasteiger partial charge in [-0.25, -0.2) is 0 Å². The maximum atomic E-state index is 12.2. The van der Waals surface area contributed by atoms with Crippen LogP contribution in [-0.2, 0) is 4.79 Å². The average molecular weight is 301 g/mol. The summed E-state index contributed by atoms with van der Waals surface area (Å²) in [5, 5.41) is 6.06. The van der Waals surface area contributed by atoms with Gasteiger partial charge in [-0.3, -0.25) is 14.6 Å². The zero-order chi connectivity index (χ0) is 16.1. The van der Waals surface area contributed by atoms with Gasteiger partial charge >= 0.3 is 0 Å². The maximum Gasteiger partial charge on any atom is 0.253 e. The van der Waals surface area contributed by atoms with Crippen molar-refractivity contribution in [2.45, 2.75) is 13.8 Å². The lowest BCUT2D eigenvalue weighted by atomic mass is 10.1. The van der Waals surface area contributed by atoms with Gasteiger partial charge in [-0.1, -0.05) is 0 Å². The summed E-state index contributed by atoms with van der Waals surface area (Å²) in [7, 11) is 1.59. The highest BCUT2D eigenvalue weighted by molar-refractivity contribution is 6.00. The first-order valence-electron chi connectivity index (χ1n) is 7.05. The predicted molar refractivity (Wildman–Crippen MR) is 84.0 cm³/mol. The number of aromatic nitrogens is 1. The summed E-state index contributed by atoms with van der Waals surface area (Å²) in [5.74, 6) is 0.189. The van der Waals surface area contributed by atoms with Crippen LogP contribution in [0, 0.1) is 6.92 Å². The molecule has 0 radical (unpaired) electrons. The Balaban J connectivity index is 2.22. The van der Waals surface area contributed by atoms with Gasteiger partial charge in [-0.2, -0.15) is 0 Å². The lowest BCUT2D eigenvalue weighted by molar-refractivity contribution is -0.120. The van der Waals surface area contributed by atoms with Crippen LogP contribution in [0.2, 0.25) is 0 Å². The summed E-state index contributed by atoms with van der Waals surface area (Å²) < 4.78 is 5.16. The van der Waals surface area contributed by atoms with E-state index in [1.165, 1.54) is 0 Å². The molecule has 0 saturated carbocycles. The molecule has 2 rings (SSSR count). The Morgan fingerprint density at radius 3 is 2.68 bits per heavy atom. The van der Waals surface area contributed by atoms with E-state index in [0.717, 1.165) is 10.9 Å². The number of fused-ring (bicyclic) bond motifs is 1. The molecule has 2 N–H and O–H groups in total. The minimum absolute atomic E-state index is 0.0488. The third-order valence-electron chi connectivity index (χ3n) is 3.24. The second-order valence-corrected chi connectivity index (χ2v) is 4.82. The van der Waals surface area contributed by atoms with Gasteiger partial charge in [0.2, 0.25) is 5.91 Å². The number of likely N-dealkylation sites (N-methyl/N-ethyl adjacent to an activating group) is 1. The van der Waals surface area contributed by atoms with E-state index in [-0.39, 0.29) is 18.4 Å². The van der Waals surface area contributed by atoms with Crippen LogP contribution in [0.4, 0.5) is 0 Å². The van der Waals surface area contributed by atoms with Crippen molar-refractivity contribution in [2.24, 2.45) is 0 Å². The lowest BCUT2D eigenvalue weighted by Gasteiger charge is -2.09. The highest BCUT2D eigenvalue weighted by atomic mass is 16.5. The van der Waals surface area contributed by atoms with Gasteiger partial charge in [0.15, 0.2) is 0 Å². The molecule has 0 aliphatic carbocycles. The Kier molecular flexibility index (Phi) is 4.93. The third kappa shape index (κ3) is 3.52. The summed E-state index contributed by atoms with van der Waals surface area (Å²) in [6.07, 6.45) is 0. The van der Waals surface area contributed by atoms with Crippen molar-refractivity contribution < 1.29 is 14.3 Å². The molecule has 1 heterocycles. The number of nitrogens with zero attached hydrogens (tertiary/aromatic N) is 1. The Morgan fingerprint density at radius 2 is 2.00 bits per heavy atom. The van der Waals surface area contributed by atoms with Gasteiger partial charge < -0.3 is 15.4 Å². The van der Waals surface area contributed by atoms with Crippen LogP contribution in [0.15, 0.2) is 24.3 Å². The van der Waals surface area contributed by atoms with E-state index >= 15 is 0 Å². The second-order valence-electron chi connectivity index (χ2n) is 4.82. The number of pyridine rings is 1. The Labute approximate surface area is 128 Å². The molecule has 0 saturated heterocycles. The standard InChI is InChI=1S/C16H19N3O3/c1-4-17-15(20)9-18-16(21)13-7-11-5-6-12(22-3)8-14(11)19-10(13)2/h5-8H,4,9H2,1-3H3,(H,17,20)(H,18,21). The summed E-state index contributed by atoms with van der Waals surface area (Å²) >= 11 is 0. The first kappa shape index (κ1) is 15.8. The number of benzene rings is 1. The molecule has 0 unspecified atom stereocenters. The highest BCUT2D eigenvalue weighted by Crippen LogP contribution is 2.21. The van der Waals surface area contributed by atoms with Gasteiger partial charge in [0.05, 0.1) is 30.4 Å². The minimum Gasteiger partial charge on any atom is -0.497 e. The molecule has 6 heteroatoms. The van der Waals surface area contributed by atoms with E-state index in [4.69, 9.17) is 4.74 Å². The summed E-state index contributed by atoms with van der Waals surface area (Å²) in [4.78, 5) is 28.0. The molecule has 1 aromatic carbocycles. The molecule has 2 amide bonds. The topological polar surface area (TPSA) is 80.3 Å². The van der Waals surface area contributed by atoms with Crippen LogP contribution in [0.3, 0.4) is 0 Å². The zero-order valence-electron chi connectivity index (χ0n) is 12.9. The van der Waals surface area contributed by atoms with Crippen LogP contribution >= 0.6 is 0 Å². The fourth-order valence-corrected chi connectivity index (χ4v) is 2.12. The molecule has 0 atom stereocenters. The van der Waals surface area contributed by atoms with Crippen molar-refractivity contribution in [1.29, 1.82) is 0 Å². The predicted octanol–water partition coefficient (Wildman–Crippen LogP) is 1.42. The number of methoxy groups -OCH3 is 1. The molecule has 0 bridgehead atoms. The molecule has 6 nitrogen and oxygen atoms in total. The van der Waals surface area contributed by atoms with E-state index in [9.17, 15) is 9.59 Å². The molecular formula is C16H19N3O3. The number of carbonyl (C=O) groups is 2. The largest absolute Gasteiger partial charge is 0.497 e. The molecule has 0 spiro atoms. The molecule has 0 aliphatic rings. The molecule has 0 aliphatic heterocycles. The second kappa shape index (κ2) is 6.89. The third-order valence-corrected chi connectivity index (χ3v) is 3.24. The monoisotopic (exact) mass is 301 g/mol. The molecule has 0 fully saturated rings. The SMILES string of the molecule is CCNC(=O)CNC(=O)c1cc2ccc(OC)cc2nc1C. The van der Waals surface area contributed by atoms with Crippen molar-refractivity contribution in [2.75, 3.05) is 20.2 Å². The van der Waals surface area contributed by atoms with E-state index in [1.807, 2.05) is 25.1 Å². The first-order valence-corrected chi connectivity index (χ1v) is 7.05. The summed E-state index contributed by atoms with van der Waals surface area (Å²) in [5.41, 5.74) is 1.83. The smallest absolute Gasteiger partial charge is 0.253 e. The average Bonchev–Trinajstić information content (AvgIpc) is 2.51. The Morgan fingerprint density at radius 1 is 1.23 bits per heavy atom. The van der Waals surface area contributed by atoms with Crippen molar-refractivity contribution in [3.63, 3.8) is 0 Å². The number of amides is 2. The van der Waals surface area contributed by atoms with Crippen LogP contribution < -0.4 is 15.4 Å². The van der Waals surface area contributed by atoms with Gasteiger partial charge in [0.1, 0.15) is 5.75 Å². The summed E-state index contributed by atoms with van der Waals surface area (Å²) in [6.45, 7) is 4.07. The van der Waals surface area contributed by atoms with Crippen LogP contribution in [-0.4, -0.2) is 37.0 Å². The van der Waals surface area contributed by atoms with Crippen LogP contribution in [0.25, 0.3) is 10.9 Å². The minimum atomic E-state index is -0.311. The number of hydrogen-bond acceptors (Lipinski definition) is 4. The van der Waals surface area contributed by atoms with Crippen molar-refractivity contribution >= 4 is 22.7 Å². The molecule has 22 heavy (non-hydrogen) atoms. The van der Waals surface area contributed by atoms with Gasteiger partial charge in [-0.05, 0) is 32.0 Å². The van der Waals surface area contributed by atoms with E-state index < -0.39 is 0 Å². The van der Waals surface area contributed by atoms with Gasteiger partial charge in [0.25, 0.3) is 5.91 Å². The number of ether oxygens (including phenoxy) is 1. The van der Waals surface area contributed by atoms with Crippen LogP contribution in [0.5, 0.6) is 5.75 Å². The number of rotatable bonds is 5. The first-order chi connectivity index (χ1) is 10.5. The molecular weight excluding hydrogens is 282 g/mol. The number of aryl methyl sites for hydroxylation is 1. The fourth-order valence-electron chi connectivity index (χ4n) is 2.12.